The van der Waals surface area contributed by atoms with E-state index in [2.05, 4.69) is 5.10 Å². The molecule has 2 aromatic heterocycles. The van der Waals surface area contributed by atoms with Crippen LogP contribution in [0.25, 0.3) is 16.3 Å². The average Bonchev–Trinajstić information content (AvgIpc) is 3.07. The van der Waals surface area contributed by atoms with E-state index in [0.29, 0.717) is 5.82 Å². The van der Waals surface area contributed by atoms with Gasteiger partial charge in [-0.05, 0) is 29.1 Å². The number of hydrogen-bond donors (Lipinski definition) is 2. The maximum atomic E-state index is 11.0. The minimum absolute atomic E-state index is 0.201. The third kappa shape index (κ3) is 2.80. The van der Waals surface area contributed by atoms with Gasteiger partial charge in [-0.2, -0.15) is 5.10 Å². The molecule has 2 heterocycles. The molecule has 21 heavy (non-hydrogen) atoms. The first kappa shape index (κ1) is 13.4. The van der Waals surface area contributed by atoms with Gasteiger partial charge in [-0.15, -0.1) is 11.3 Å². The Labute approximate surface area is 125 Å². The lowest BCUT2D eigenvalue weighted by Gasteiger charge is -2.06. The number of hydrogen-bond acceptors (Lipinski definition) is 4. The van der Waals surface area contributed by atoms with E-state index in [9.17, 15) is 4.79 Å². The Morgan fingerprint density at radius 3 is 2.81 bits per heavy atom. The first-order valence-corrected chi connectivity index (χ1v) is 7.28. The van der Waals surface area contributed by atoms with Crippen LogP contribution in [0.3, 0.4) is 0 Å². The summed E-state index contributed by atoms with van der Waals surface area (Å²) in [7, 11) is 0. The van der Waals surface area contributed by atoms with E-state index in [1.165, 1.54) is 0 Å². The Balaban J connectivity index is 1.99. The predicted molar refractivity (Wildman–Crippen MR) is 84.2 cm³/mol. The van der Waals surface area contributed by atoms with Crippen molar-refractivity contribution < 1.29 is 4.79 Å². The summed E-state index contributed by atoms with van der Waals surface area (Å²) in [6.07, 6.45) is 0.201. The number of nitrogen functional groups attached to an aromatic ring is 1. The van der Waals surface area contributed by atoms with Gasteiger partial charge in [-0.25, -0.2) is 4.68 Å². The fourth-order valence-electron chi connectivity index (χ4n) is 2.15. The van der Waals surface area contributed by atoms with E-state index in [4.69, 9.17) is 11.5 Å². The van der Waals surface area contributed by atoms with Crippen molar-refractivity contribution in [1.82, 2.24) is 9.78 Å². The number of thiophene rings is 1. The molecule has 0 fully saturated rings. The summed E-state index contributed by atoms with van der Waals surface area (Å²) in [5.74, 6) is 0.189. The van der Waals surface area contributed by atoms with Crippen LogP contribution in [0.1, 0.15) is 5.56 Å². The van der Waals surface area contributed by atoms with Crippen molar-refractivity contribution in [2.45, 2.75) is 6.42 Å². The molecule has 0 aliphatic rings. The second-order valence-electron chi connectivity index (χ2n) is 4.66. The molecule has 0 unspecified atom stereocenters. The van der Waals surface area contributed by atoms with E-state index in [1.807, 2.05) is 47.8 Å². The predicted octanol–water partition coefficient (Wildman–Crippen LogP) is 2.21. The van der Waals surface area contributed by atoms with Gasteiger partial charge in [0.25, 0.3) is 0 Å². The second-order valence-corrected chi connectivity index (χ2v) is 5.60. The van der Waals surface area contributed by atoms with Crippen LogP contribution in [0.15, 0.2) is 47.8 Å². The second kappa shape index (κ2) is 5.41. The standard InChI is InChI=1S/C15H14N4OS/c16-14-9-12(13-5-2-6-21-13)18-19(14)11-4-1-3-10(7-11)8-15(17)20/h1-7,9H,8,16H2,(H2,17,20). The number of carbonyl (C=O) groups excluding carboxylic acids is 1. The zero-order valence-corrected chi connectivity index (χ0v) is 12.0. The van der Waals surface area contributed by atoms with Gasteiger partial charge in [-0.3, -0.25) is 4.79 Å². The normalized spacial score (nSPS) is 10.7. The number of nitrogens with two attached hydrogens (primary N) is 2. The number of aromatic nitrogens is 2. The number of rotatable bonds is 4. The van der Waals surface area contributed by atoms with Gasteiger partial charge in [0.1, 0.15) is 11.5 Å². The molecular formula is C15H14N4OS. The molecular weight excluding hydrogens is 284 g/mol. The number of anilines is 1. The lowest BCUT2D eigenvalue weighted by Crippen LogP contribution is -2.13. The van der Waals surface area contributed by atoms with E-state index in [-0.39, 0.29) is 12.3 Å². The van der Waals surface area contributed by atoms with Crippen LogP contribution in [0, 0.1) is 0 Å². The molecule has 0 spiro atoms. The monoisotopic (exact) mass is 298 g/mol. The van der Waals surface area contributed by atoms with Gasteiger partial charge >= 0.3 is 0 Å². The van der Waals surface area contributed by atoms with Crippen LogP contribution in [-0.2, 0) is 11.2 Å². The highest BCUT2D eigenvalue weighted by molar-refractivity contribution is 7.13. The summed E-state index contributed by atoms with van der Waals surface area (Å²) in [6.45, 7) is 0. The minimum atomic E-state index is -0.361. The zero-order chi connectivity index (χ0) is 14.8. The maximum absolute atomic E-state index is 11.0. The molecule has 0 aliphatic heterocycles. The molecule has 1 amide bonds. The van der Waals surface area contributed by atoms with Crippen LogP contribution in [0.4, 0.5) is 5.82 Å². The van der Waals surface area contributed by atoms with Gasteiger partial charge in [0.2, 0.25) is 5.91 Å². The Hall–Kier alpha value is -2.60. The SMILES string of the molecule is NC(=O)Cc1cccc(-n2nc(-c3cccs3)cc2N)c1. The summed E-state index contributed by atoms with van der Waals surface area (Å²) in [5, 5.41) is 6.53. The van der Waals surface area contributed by atoms with E-state index >= 15 is 0 Å². The van der Waals surface area contributed by atoms with Crippen molar-refractivity contribution >= 4 is 23.1 Å². The summed E-state index contributed by atoms with van der Waals surface area (Å²) in [4.78, 5) is 12.1. The van der Waals surface area contributed by atoms with Gasteiger partial charge in [-0.1, -0.05) is 18.2 Å². The van der Waals surface area contributed by atoms with Gasteiger partial charge in [0.15, 0.2) is 0 Å². The van der Waals surface area contributed by atoms with Crippen molar-refractivity contribution in [2.24, 2.45) is 5.73 Å². The average molecular weight is 298 g/mol. The van der Waals surface area contributed by atoms with E-state index in [0.717, 1.165) is 21.8 Å². The molecule has 4 N–H and O–H groups in total. The molecule has 5 nitrogen and oxygen atoms in total. The van der Waals surface area contributed by atoms with Crippen LogP contribution in [0.5, 0.6) is 0 Å². The summed E-state index contributed by atoms with van der Waals surface area (Å²) < 4.78 is 1.67. The summed E-state index contributed by atoms with van der Waals surface area (Å²) in [6, 6.07) is 13.3. The number of primary amides is 1. The Morgan fingerprint density at radius 1 is 1.24 bits per heavy atom. The van der Waals surface area contributed by atoms with Crippen LogP contribution < -0.4 is 11.5 Å². The Kier molecular flexibility index (Phi) is 3.45. The molecule has 0 atom stereocenters. The highest BCUT2D eigenvalue weighted by atomic mass is 32.1. The quantitative estimate of drug-likeness (QED) is 0.774. The highest BCUT2D eigenvalue weighted by Gasteiger charge is 2.10. The Morgan fingerprint density at radius 2 is 2.10 bits per heavy atom. The summed E-state index contributed by atoms with van der Waals surface area (Å²) >= 11 is 1.61. The van der Waals surface area contributed by atoms with Crippen LogP contribution >= 0.6 is 11.3 Å². The lowest BCUT2D eigenvalue weighted by atomic mass is 10.1. The molecule has 0 bridgehead atoms. The van der Waals surface area contributed by atoms with Crippen molar-refractivity contribution in [3.8, 4) is 16.3 Å². The third-order valence-corrected chi connectivity index (χ3v) is 3.94. The number of nitrogens with zero attached hydrogens (tertiary/aromatic N) is 2. The summed E-state index contributed by atoms with van der Waals surface area (Å²) in [5.41, 5.74) is 13.8. The molecule has 0 aliphatic carbocycles. The largest absolute Gasteiger partial charge is 0.384 e. The molecule has 3 aromatic rings. The van der Waals surface area contributed by atoms with Gasteiger partial charge in [0, 0.05) is 6.07 Å². The van der Waals surface area contributed by atoms with Crippen molar-refractivity contribution in [2.75, 3.05) is 5.73 Å². The van der Waals surface area contributed by atoms with Crippen LogP contribution in [-0.4, -0.2) is 15.7 Å². The maximum Gasteiger partial charge on any atom is 0.221 e. The fraction of sp³-hybridized carbons (Fsp3) is 0.0667. The van der Waals surface area contributed by atoms with Crippen LogP contribution in [0.2, 0.25) is 0 Å². The molecule has 0 saturated carbocycles. The van der Waals surface area contributed by atoms with Gasteiger partial charge in [0.05, 0.1) is 17.0 Å². The van der Waals surface area contributed by atoms with E-state index in [1.54, 1.807) is 16.0 Å². The number of carbonyl (C=O) groups is 1. The zero-order valence-electron chi connectivity index (χ0n) is 11.2. The Bertz CT molecular complexity index is 777. The molecule has 6 heteroatoms. The molecule has 0 radical (unpaired) electrons. The molecule has 0 saturated heterocycles. The van der Waals surface area contributed by atoms with Gasteiger partial charge < -0.3 is 11.5 Å². The highest BCUT2D eigenvalue weighted by Crippen LogP contribution is 2.26. The van der Waals surface area contributed by atoms with E-state index < -0.39 is 0 Å². The molecule has 3 rings (SSSR count). The third-order valence-electron chi connectivity index (χ3n) is 3.04. The molecule has 1 aromatic carbocycles. The first-order chi connectivity index (χ1) is 10.1. The number of amides is 1. The fourth-order valence-corrected chi connectivity index (χ4v) is 2.83. The minimum Gasteiger partial charge on any atom is -0.384 e. The van der Waals surface area contributed by atoms with Crippen molar-refractivity contribution in [3.63, 3.8) is 0 Å². The number of benzene rings is 1. The topological polar surface area (TPSA) is 86.9 Å². The smallest absolute Gasteiger partial charge is 0.221 e. The van der Waals surface area contributed by atoms with Crippen molar-refractivity contribution in [3.05, 3.63) is 53.4 Å². The molecule has 106 valence electrons. The lowest BCUT2D eigenvalue weighted by molar-refractivity contribution is -0.117. The first-order valence-electron chi connectivity index (χ1n) is 6.40. The van der Waals surface area contributed by atoms with Crippen molar-refractivity contribution in [1.29, 1.82) is 0 Å².